The number of carbonyl (C=O) groups is 2. The Kier molecular flexibility index (Phi) is 4.84. The zero-order valence-corrected chi connectivity index (χ0v) is 15.2. The van der Waals surface area contributed by atoms with Crippen molar-refractivity contribution in [2.45, 2.75) is 12.8 Å². The predicted molar refractivity (Wildman–Crippen MR) is 97.9 cm³/mol. The van der Waals surface area contributed by atoms with Crippen LogP contribution in [-0.2, 0) is 0 Å². The summed E-state index contributed by atoms with van der Waals surface area (Å²) in [4.78, 5) is 31.5. The molecule has 1 N–H and O–H groups in total. The van der Waals surface area contributed by atoms with E-state index in [0.717, 1.165) is 43.1 Å². The molecule has 2 heterocycles. The molecule has 1 aliphatic heterocycles. The molecule has 1 aromatic carbocycles. The molecular weight excluding hydrogens is 372 g/mol. The van der Waals surface area contributed by atoms with Gasteiger partial charge >= 0.3 is 0 Å². The third-order valence-corrected chi connectivity index (χ3v) is 5.78. The Morgan fingerprint density at radius 2 is 1.85 bits per heavy atom. The molecule has 0 amide bonds. The number of hydrogen-bond acceptors (Lipinski definition) is 6. The second kappa shape index (κ2) is 7.28. The molecule has 1 fully saturated rings. The first-order valence-electron chi connectivity index (χ1n) is 8.77. The standard InChI is InChI=1S/C19H17F2N3O2S/c20-11-4-3-5-12(21)15(11)19-23-16-14(25)10-13(17(26)18(16)27-19)22-6-9-24-7-1-2-8-24/h3-5,10,22H,1-2,6-9H2. The van der Waals surface area contributed by atoms with Crippen LogP contribution in [0.1, 0.15) is 33.0 Å². The number of aromatic nitrogens is 1. The molecule has 2 aliphatic rings. The fourth-order valence-electron chi connectivity index (χ4n) is 3.32. The molecular formula is C19H17F2N3O2S. The lowest BCUT2D eigenvalue weighted by atomic mass is 10.0. The van der Waals surface area contributed by atoms with Crippen molar-refractivity contribution in [1.82, 2.24) is 15.2 Å². The van der Waals surface area contributed by atoms with E-state index in [-0.39, 0.29) is 32.6 Å². The molecule has 27 heavy (non-hydrogen) atoms. The van der Waals surface area contributed by atoms with Crippen LogP contribution in [0.5, 0.6) is 0 Å². The molecule has 0 saturated carbocycles. The summed E-state index contributed by atoms with van der Waals surface area (Å²) in [6, 6.07) is 3.49. The maximum absolute atomic E-state index is 14.0. The van der Waals surface area contributed by atoms with E-state index in [4.69, 9.17) is 0 Å². The van der Waals surface area contributed by atoms with Gasteiger partial charge in [-0.3, -0.25) is 9.59 Å². The van der Waals surface area contributed by atoms with Gasteiger partial charge in [-0.1, -0.05) is 6.07 Å². The van der Waals surface area contributed by atoms with Gasteiger partial charge in [0.15, 0.2) is 0 Å². The molecule has 8 heteroatoms. The van der Waals surface area contributed by atoms with E-state index >= 15 is 0 Å². The predicted octanol–water partition coefficient (Wildman–Crippen LogP) is 3.04. The maximum atomic E-state index is 14.0. The fourth-order valence-corrected chi connectivity index (χ4v) is 4.40. The van der Waals surface area contributed by atoms with Crippen LogP contribution in [0.4, 0.5) is 8.78 Å². The lowest BCUT2D eigenvalue weighted by Gasteiger charge is -2.17. The van der Waals surface area contributed by atoms with Crippen molar-refractivity contribution in [2.24, 2.45) is 0 Å². The number of carbonyl (C=O) groups excluding carboxylic acids is 2. The average molecular weight is 389 g/mol. The third-order valence-electron chi connectivity index (χ3n) is 4.71. The van der Waals surface area contributed by atoms with E-state index in [1.165, 1.54) is 25.0 Å². The van der Waals surface area contributed by atoms with Crippen LogP contribution in [0.25, 0.3) is 10.6 Å². The van der Waals surface area contributed by atoms with E-state index in [9.17, 15) is 18.4 Å². The summed E-state index contributed by atoms with van der Waals surface area (Å²) in [6.45, 7) is 3.43. The van der Waals surface area contributed by atoms with Crippen LogP contribution in [0.3, 0.4) is 0 Å². The van der Waals surface area contributed by atoms with Gasteiger partial charge in [-0.2, -0.15) is 0 Å². The number of fused-ring (bicyclic) bond motifs is 1. The quantitative estimate of drug-likeness (QED) is 0.852. The van der Waals surface area contributed by atoms with Gasteiger partial charge < -0.3 is 10.2 Å². The van der Waals surface area contributed by atoms with Crippen molar-refractivity contribution in [2.75, 3.05) is 26.2 Å². The summed E-state index contributed by atoms with van der Waals surface area (Å²) < 4.78 is 28.0. The van der Waals surface area contributed by atoms with Crippen molar-refractivity contribution in [3.63, 3.8) is 0 Å². The molecule has 1 aromatic heterocycles. The number of halogens is 2. The van der Waals surface area contributed by atoms with Crippen LogP contribution in [0.15, 0.2) is 30.0 Å². The second-order valence-electron chi connectivity index (χ2n) is 6.52. The SMILES string of the molecule is O=C1C=C(NCCN2CCCC2)C(=O)c2sc(-c3c(F)cccc3F)nc21. The molecule has 0 unspecified atom stereocenters. The molecule has 4 rings (SSSR count). The number of Topliss-reactive ketones (excluding diaryl/α,β-unsaturated/α-hetero) is 1. The Morgan fingerprint density at radius 3 is 2.56 bits per heavy atom. The summed E-state index contributed by atoms with van der Waals surface area (Å²) in [5.41, 5.74) is -0.162. The van der Waals surface area contributed by atoms with Gasteiger partial charge in [0, 0.05) is 19.2 Å². The van der Waals surface area contributed by atoms with Gasteiger partial charge in [-0.15, -0.1) is 11.3 Å². The molecule has 1 saturated heterocycles. The van der Waals surface area contributed by atoms with E-state index in [1.807, 2.05) is 0 Å². The van der Waals surface area contributed by atoms with Gasteiger partial charge in [-0.25, -0.2) is 13.8 Å². The summed E-state index contributed by atoms with van der Waals surface area (Å²) in [6.07, 6.45) is 3.58. The first-order valence-corrected chi connectivity index (χ1v) is 9.58. The molecule has 140 valence electrons. The number of rotatable bonds is 5. The summed E-state index contributed by atoms with van der Waals surface area (Å²) in [5.74, 6) is -2.37. The van der Waals surface area contributed by atoms with Crippen LogP contribution in [0, 0.1) is 11.6 Å². The molecule has 1 aliphatic carbocycles. The van der Waals surface area contributed by atoms with E-state index in [2.05, 4.69) is 15.2 Å². The van der Waals surface area contributed by atoms with Crippen LogP contribution >= 0.6 is 11.3 Å². The Hall–Kier alpha value is -2.45. The van der Waals surface area contributed by atoms with Crippen molar-refractivity contribution in [3.8, 4) is 10.6 Å². The van der Waals surface area contributed by atoms with Gasteiger partial charge in [-0.05, 0) is 38.1 Å². The van der Waals surface area contributed by atoms with Gasteiger partial charge in [0.25, 0.3) is 0 Å². The Bertz CT molecular complexity index is 928. The van der Waals surface area contributed by atoms with E-state index in [0.29, 0.717) is 6.54 Å². The largest absolute Gasteiger partial charge is 0.380 e. The smallest absolute Gasteiger partial charge is 0.221 e. The van der Waals surface area contributed by atoms with Crippen molar-refractivity contribution in [3.05, 3.63) is 52.2 Å². The molecule has 5 nitrogen and oxygen atoms in total. The highest BCUT2D eigenvalue weighted by Gasteiger charge is 2.31. The lowest BCUT2D eigenvalue weighted by Crippen LogP contribution is -2.33. The highest BCUT2D eigenvalue weighted by molar-refractivity contribution is 7.17. The van der Waals surface area contributed by atoms with Crippen molar-refractivity contribution >= 4 is 22.9 Å². The number of likely N-dealkylation sites (tertiary alicyclic amines) is 1. The molecule has 0 bridgehead atoms. The monoisotopic (exact) mass is 389 g/mol. The zero-order valence-electron chi connectivity index (χ0n) is 14.4. The topological polar surface area (TPSA) is 62.3 Å². The lowest BCUT2D eigenvalue weighted by molar-refractivity contribution is 0.0978. The molecule has 0 radical (unpaired) electrons. The van der Waals surface area contributed by atoms with E-state index in [1.54, 1.807) is 0 Å². The fraction of sp³-hybridized carbons (Fsp3) is 0.316. The first-order chi connectivity index (χ1) is 13.0. The minimum absolute atomic E-state index is 0.0102. The van der Waals surface area contributed by atoms with E-state index < -0.39 is 17.4 Å². The highest BCUT2D eigenvalue weighted by atomic mass is 32.1. The Morgan fingerprint density at radius 1 is 1.15 bits per heavy atom. The minimum atomic E-state index is -0.780. The zero-order chi connectivity index (χ0) is 19.0. The number of hydrogen-bond donors (Lipinski definition) is 1. The third kappa shape index (κ3) is 3.42. The minimum Gasteiger partial charge on any atom is -0.380 e. The van der Waals surface area contributed by atoms with Gasteiger partial charge in [0.2, 0.25) is 11.6 Å². The first kappa shape index (κ1) is 17.9. The molecule has 0 atom stereocenters. The Balaban J connectivity index is 1.55. The number of nitrogens with zero attached hydrogens (tertiary/aromatic N) is 2. The summed E-state index contributed by atoms with van der Waals surface area (Å²) >= 11 is 0.838. The summed E-state index contributed by atoms with van der Waals surface area (Å²) in [7, 11) is 0. The van der Waals surface area contributed by atoms with Crippen LogP contribution in [-0.4, -0.2) is 47.6 Å². The van der Waals surface area contributed by atoms with Crippen LogP contribution < -0.4 is 5.32 Å². The number of nitrogens with one attached hydrogen (secondary N) is 1. The number of thiazole rings is 1. The average Bonchev–Trinajstić information content (AvgIpc) is 3.29. The number of benzene rings is 1. The summed E-state index contributed by atoms with van der Waals surface area (Å²) in [5, 5.41) is 3.01. The number of allylic oxidation sites excluding steroid dienone is 2. The van der Waals surface area contributed by atoms with Crippen molar-refractivity contribution < 1.29 is 18.4 Å². The second-order valence-corrected chi connectivity index (χ2v) is 7.52. The normalized spacial score (nSPS) is 17.2. The molecule has 0 spiro atoms. The Labute approximate surface area is 158 Å². The maximum Gasteiger partial charge on any atom is 0.221 e. The van der Waals surface area contributed by atoms with Crippen LogP contribution in [0.2, 0.25) is 0 Å². The highest BCUT2D eigenvalue weighted by Crippen LogP contribution is 2.34. The van der Waals surface area contributed by atoms with Crippen molar-refractivity contribution in [1.29, 1.82) is 0 Å². The van der Waals surface area contributed by atoms with Gasteiger partial charge in [0.1, 0.15) is 27.2 Å². The molecule has 2 aromatic rings. The van der Waals surface area contributed by atoms with Gasteiger partial charge in [0.05, 0.1) is 11.3 Å². The number of ketones is 2.